The van der Waals surface area contributed by atoms with E-state index in [0.717, 1.165) is 11.3 Å². The molecule has 0 fully saturated rings. The molecule has 0 bridgehead atoms. The standard InChI is InChI=1S/C16H13ClN2O4S2/c1-2-23-11(20)5-6-19-15(22)13(25-16(19)24)12-9-7-8(17)3-4-10(9)18-14(12)21/h3-4,7,22H,2,5-6H2,1H3. The number of fused-ring (bicyclic) bond motifs is 1. The van der Waals surface area contributed by atoms with Crippen molar-refractivity contribution in [2.45, 2.75) is 19.9 Å². The van der Waals surface area contributed by atoms with E-state index in [4.69, 9.17) is 28.6 Å². The number of halogens is 1. The summed E-state index contributed by atoms with van der Waals surface area (Å²) >= 11 is 12.4. The van der Waals surface area contributed by atoms with E-state index in [0.29, 0.717) is 24.4 Å². The highest BCUT2D eigenvalue weighted by Gasteiger charge is 2.25. The Kier molecular flexibility index (Phi) is 5.03. The average molecular weight is 397 g/mol. The number of amides is 1. The van der Waals surface area contributed by atoms with Gasteiger partial charge >= 0.3 is 5.97 Å². The van der Waals surface area contributed by atoms with Crippen LogP contribution in [0, 0.1) is 3.95 Å². The fourth-order valence-corrected chi connectivity index (χ4v) is 4.06. The molecule has 130 valence electrons. The van der Waals surface area contributed by atoms with Crippen molar-refractivity contribution in [2.75, 3.05) is 6.61 Å². The van der Waals surface area contributed by atoms with Crippen molar-refractivity contribution in [3.8, 4) is 5.88 Å². The predicted molar refractivity (Wildman–Crippen MR) is 95.8 cm³/mol. The van der Waals surface area contributed by atoms with Gasteiger partial charge < -0.3 is 9.84 Å². The minimum Gasteiger partial charge on any atom is -0.493 e. The number of nitrogens with zero attached hydrogens (tertiary/aromatic N) is 2. The maximum absolute atomic E-state index is 12.3. The molecule has 0 aliphatic carbocycles. The van der Waals surface area contributed by atoms with Crippen molar-refractivity contribution in [3.63, 3.8) is 0 Å². The summed E-state index contributed by atoms with van der Waals surface area (Å²) < 4.78 is 6.64. The van der Waals surface area contributed by atoms with Gasteiger partial charge in [-0.05, 0) is 37.3 Å². The van der Waals surface area contributed by atoms with E-state index in [9.17, 15) is 14.7 Å². The highest BCUT2D eigenvalue weighted by atomic mass is 35.5. The first-order valence-electron chi connectivity index (χ1n) is 7.44. The fraction of sp³-hybridized carbons (Fsp3) is 0.250. The highest BCUT2D eigenvalue weighted by molar-refractivity contribution is 7.73. The zero-order chi connectivity index (χ0) is 18.1. The molecule has 0 radical (unpaired) electrons. The van der Waals surface area contributed by atoms with E-state index in [1.807, 2.05) is 0 Å². The molecule has 9 heteroatoms. The summed E-state index contributed by atoms with van der Waals surface area (Å²) in [4.78, 5) is 28.1. The van der Waals surface area contributed by atoms with Gasteiger partial charge in [-0.2, -0.15) is 0 Å². The average Bonchev–Trinajstić information content (AvgIpc) is 3.01. The third kappa shape index (κ3) is 3.37. The molecule has 1 N–H and O–H groups in total. The van der Waals surface area contributed by atoms with Crippen LogP contribution in [0.15, 0.2) is 23.2 Å². The summed E-state index contributed by atoms with van der Waals surface area (Å²) in [6.07, 6.45) is 0.0714. The second-order valence-electron chi connectivity index (χ2n) is 5.18. The highest BCUT2D eigenvalue weighted by Crippen LogP contribution is 2.32. The molecule has 1 aromatic carbocycles. The smallest absolute Gasteiger partial charge is 0.307 e. The maximum Gasteiger partial charge on any atom is 0.307 e. The molecule has 0 saturated heterocycles. The van der Waals surface area contributed by atoms with Crippen LogP contribution in [0.1, 0.15) is 18.2 Å². The van der Waals surface area contributed by atoms with E-state index >= 15 is 0 Å². The topological polar surface area (TPSA) is 80.9 Å². The quantitative estimate of drug-likeness (QED) is 0.617. The minimum absolute atomic E-state index is 0.0714. The number of aromatic nitrogens is 1. The number of benzene rings is 1. The minimum atomic E-state index is -0.457. The lowest BCUT2D eigenvalue weighted by Gasteiger charge is -2.05. The molecule has 6 nitrogen and oxygen atoms in total. The number of carbonyl (C=O) groups excluding carboxylic acids is 2. The third-order valence-corrected chi connectivity index (χ3v) is 5.30. The molecule has 0 saturated carbocycles. The molecule has 25 heavy (non-hydrogen) atoms. The van der Waals surface area contributed by atoms with Gasteiger partial charge in [0.2, 0.25) is 5.88 Å². The number of hydrogen-bond acceptors (Lipinski definition) is 6. The van der Waals surface area contributed by atoms with Crippen molar-refractivity contribution in [1.82, 2.24) is 4.57 Å². The Morgan fingerprint density at radius 2 is 2.24 bits per heavy atom. The Morgan fingerprint density at radius 3 is 2.96 bits per heavy atom. The summed E-state index contributed by atoms with van der Waals surface area (Å²) in [5.41, 5.74) is 0.265. The molecule has 1 aliphatic heterocycles. The van der Waals surface area contributed by atoms with Gasteiger partial charge in [-0.3, -0.25) is 14.2 Å². The number of carbonyl (C=O) groups is 2. The molecule has 3 rings (SSSR count). The Bertz CT molecular complexity index is 1060. The largest absolute Gasteiger partial charge is 0.493 e. The summed E-state index contributed by atoms with van der Waals surface area (Å²) in [6, 6.07) is 4.93. The molecule has 0 atom stereocenters. The predicted octanol–water partition coefficient (Wildman–Crippen LogP) is 1.95. The van der Waals surface area contributed by atoms with Crippen molar-refractivity contribution in [3.05, 3.63) is 42.6 Å². The van der Waals surface area contributed by atoms with Gasteiger partial charge in [0.25, 0.3) is 5.91 Å². The molecule has 2 heterocycles. The number of rotatable bonds is 5. The van der Waals surface area contributed by atoms with E-state index in [-0.39, 0.29) is 37.0 Å². The number of hydrogen-bond donors (Lipinski definition) is 1. The van der Waals surface area contributed by atoms with Crippen LogP contribution in [0.3, 0.4) is 0 Å². The van der Waals surface area contributed by atoms with Crippen LogP contribution in [0.25, 0.3) is 5.57 Å². The van der Waals surface area contributed by atoms with Gasteiger partial charge in [-0.15, -0.1) is 11.3 Å². The molecule has 0 unspecified atom stereocenters. The first kappa shape index (κ1) is 17.8. The second-order valence-corrected chi connectivity index (χ2v) is 7.26. The van der Waals surface area contributed by atoms with Crippen LogP contribution in [-0.4, -0.2) is 28.2 Å². The third-order valence-electron chi connectivity index (χ3n) is 3.60. The van der Waals surface area contributed by atoms with Gasteiger partial charge in [-0.25, -0.2) is 4.99 Å². The number of aromatic hydroxyl groups is 1. The van der Waals surface area contributed by atoms with Gasteiger partial charge in [0.15, 0.2) is 3.95 Å². The molecule has 1 aliphatic rings. The van der Waals surface area contributed by atoms with Crippen molar-refractivity contribution >= 4 is 52.6 Å². The zero-order valence-corrected chi connectivity index (χ0v) is 15.5. The molecule has 2 aromatic rings. The lowest BCUT2D eigenvalue weighted by Crippen LogP contribution is -2.22. The lowest BCUT2D eigenvalue weighted by molar-refractivity contribution is -0.143. The fourth-order valence-electron chi connectivity index (χ4n) is 2.50. The molecular weight excluding hydrogens is 384 g/mol. The summed E-state index contributed by atoms with van der Waals surface area (Å²) in [5, 5.41) is 12.1. The van der Waals surface area contributed by atoms with E-state index in [1.165, 1.54) is 4.57 Å². The molecule has 1 amide bonds. The Hall–Kier alpha value is -2.03. The molecule has 0 spiro atoms. The lowest BCUT2D eigenvalue weighted by atomic mass is 10.1. The summed E-state index contributed by atoms with van der Waals surface area (Å²) in [7, 11) is 0. The van der Waals surface area contributed by atoms with E-state index < -0.39 is 5.91 Å². The zero-order valence-electron chi connectivity index (χ0n) is 13.1. The first-order chi connectivity index (χ1) is 11.9. The number of thiazole rings is 1. The molecule has 1 aromatic heterocycles. The van der Waals surface area contributed by atoms with Crippen LogP contribution < -0.4 is 10.6 Å². The maximum atomic E-state index is 12.3. The van der Waals surface area contributed by atoms with Gasteiger partial charge in [-0.1, -0.05) is 11.6 Å². The van der Waals surface area contributed by atoms with Crippen LogP contribution >= 0.6 is 35.2 Å². The van der Waals surface area contributed by atoms with Crippen molar-refractivity contribution in [1.29, 1.82) is 0 Å². The monoisotopic (exact) mass is 396 g/mol. The second kappa shape index (κ2) is 7.07. The van der Waals surface area contributed by atoms with Crippen LogP contribution in [0.5, 0.6) is 5.88 Å². The van der Waals surface area contributed by atoms with Gasteiger partial charge in [0.05, 0.1) is 24.0 Å². The Morgan fingerprint density at radius 1 is 1.48 bits per heavy atom. The Balaban J connectivity index is 2.05. The summed E-state index contributed by atoms with van der Waals surface area (Å²) in [6.45, 7) is 2.18. The van der Waals surface area contributed by atoms with E-state index in [2.05, 4.69) is 4.99 Å². The SMILES string of the molecule is CCOC(=O)CCn1c(O)c(C2=c3cc(Cl)ccc3=NC2=O)sc1=S. The number of ether oxygens (including phenoxy) is 1. The molecular formula is C16H13ClN2O4S2. The van der Waals surface area contributed by atoms with Gasteiger partial charge in [0.1, 0.15) is 4.88 Å². The van der Waals surface area contributed by atoms with Gasteiger partial charge in [0, 0.05) is 16.8 Å². The Labute approximate surface area is 156 Å². The van der Waals surface area contributed by atoms with Crippen LogP contribution in [0.2, 0.25) is 5.02 Å². The van der Waals surface area contributed by atoms with Crippen molar-refractivity contribution in [2.24, 2.45) is 4.99 Å². The number of esters is 1. The van der Waals surface area contributed by atoms with Crippen LogP contribution in [0.4, 0.5) is 0 Å². The van der Waals surface area contributed by atoms with Crippen LogP contribution in [-0.2, 0) is 20.9 Å². The van der Waals surface area contributed by atoms with E-state index in [1.54, 1.807) is 25.1 Å². The van der Waals surface area contributed by atoms with Crippen molar-refractivity contribution < 1.29 is 19.4 Å². The normalized spacial score (nSPS) is 12.9. The summed E-state index contributed by atoms with van der Waals surface area (Å²) in [5.74, 6) is -1.000. The first-order valence-corrected chi connectivity index (χ1v) is 9.04.